The molecule has 14 heavy (non-hydrogen) atoms. The third kappa shape index (κ3) is 1.25. The summed E-state index contributed by atoms with van der Waals surface area (Å²) in [4.78, 5) is 6.10. The van der Waals surface area contributed by atoms with E-state index in [0.29, 0.717) is 0 Å². The van der Waals surface area contributed by atoms with Gasteiger partial charge in [0.25, 0.3) is 0 Å². The summed E-state index contributed by atoms with van der Waals surface area (Å²) in [5, 5.41) is 0. The van der Waals surface area contributed by atoms with Crippen LogP contribution in [0.25, 0.3) is 0 Å². The van der Waals surface area contributed by atoms with Gasteiger partial charge in [0.1, 0.15) is 0 Å². The third-order valence-electron chi connectivity index (χ3n) is 2.74. The summed E-state index contributed by atoms with van der Waals surface area (Å²) in [5.41, 5.74) is 3.14. The minimum absolute atomic E-state index is 1.17. The molecule has 2 heteroatoms. The van der Waals surface area contributed by atoms with Crippen molar-refractivity contribution < 1.29 is 0 Å². The van der Waals surface area contributed by atoms with E-state index in [1.807, 2.05) is 22.7 Å². The Morgan fingerprint density at radius 2 is 1.29 bits per heavy atom. The van der Waals surface area contributed by atoms with Gasteiger partial charge in [0.15, 0.2) is 0 Å². The second kappa shape index (κ2) is 2.94. The second-order valence-electron chi connectivity index (χ2n) is 3.96. The maximum atomic E-state index is 2.36. The van der Waals surface area contributed by atoms with Gasteiger partial charge in [-0.15, -0.1) is 22.7 Å². The summed E-state index contributed by atoms with van der Waals surface area (Å²) < 4.78 is 0. The fourth-order valence-electron chi connectivity index (χ4n) is 2.17. The highest BCUT2D eigenvalue weighted by atomic mass is 32.1. The van der Waals surface area contributed by atoms with Gasteiger partial charge in [0, 0.05) is 32.4 Å². The number of rotatable bonds is 0. The van der Waals surface area contributed by atoms with Crippen LogP contribution in [0, 0.1) is 13.8 Å². The Labute approximate surface area is 92.2 Å². The van der Waals surface area contributed by atoms with E-state index in [1.54, 1.807) is 20.9 Å². The van der Waals surface area contributed by atoms with Crippen LogP contribution in [0.3, 0.4) is 0 Å². The Balaban J connectivity index is 2.10. The fourth-order valence-corrected chi connectivity index (χ4v) is 4.33. The monoisotopic (exact) mass is 220 g/mol. The highest BCUT2D eigenvalue weighted by molar-refractivity contribution is 7.13. The molecule has 0 unspecified atom stereocenters. The van der Waals surface area contributed by atoms with E-state index < -0.39 is 0 Å². The quantitative estimate of drug-likeness (QED) is 0.538. The molecule has 0 nitrogen and oxygen atoms in total. The van der Waals surface area contributed by atoms with Crippen molar-refractivity contribution in [1.82, 2.24) is 0 Å². The summed E-state index contributed by atoms with van der Waals surface area (Å²) >= 11 is 3.94. The standard InChI is InChI=1S/C12H12S2/c1-7-3-9-5-12-10(4-8(2)14-12)6-11(9)13-7/h3-4H,5-6H2,1-2H3. The lowest BCUT2D eigenvalue weighted by Gasteiger charge is -2.10. The van der Waals surface area contributed by atoms with Crippen LogP contribution >= 0.6 is 22.7 Å². The molecule has 2 heterocycles. The van der Waals surface area contributed by atoms with E-state index in [4.69, 9.17) is 0 Å². The molecule has 72 valence electrons. The van der Waals surface area contributed by atoms with Crippen LogP contribution in [0.1, 0.15) is 30.6 Å². The molecule has 0 spiro atoms. The Morgan fingerprint density at radius 3 is 1.71 bits per heavy atom. The molecule has 0 aliphatic heterocycles. The van der Waals surface area contributed by atoms with Crippen molar-refractivity contribution >= 4 is 22.7 Å². The van der Waals surface area contributed by atoms with Crippen LogP contribution in [0.2, 0.25) is 0 Å². The number of fused-ring (bicyclic) bond motifs is 2. The van der Waals surface area contributed by atoms with Gasteiger partial charge in [-0.25, -0.2) is 0 Å². The number of aryl methyl sites for hydroxylation is 2. The van der Waals surface area contributed by atoms with Gasteiger partial charge in [-0.2, -0.15) is 0 Å². The van der Waals surface area contributed by atoms with Crippen molar-refractivity contribution in [1.29, 1.82) is 0 Å². The highest BCUT2D eigenvalue weighted by Gasteiger charge is 2.19. The van der Waals surface area contributed by atoms with E-state index in [0.717, 1.165) is 0 Å². The maximum Gasteiger partial charge on any atom is 0.0128 e. The molecule has 2 aromatic rings. The van der Waals surface area contributed by atoms with Gasteiger partial charge >= 0.3 is 0 Å². The summed E-state index contributed by atoms with van der Waals surface area (Å²) in [6.45, 7) is 4.42. The Kier molecular flexibility index (Phi) is 1.83. The first kappa shape index (κ1) is 8.69. The minimum atomic E-state index is 1.17. The van der Waals surface area contributed by atoms with Crippen LogP contribution in [-0.4, -0.2) is 0 Å². The molecule has 0 bridgehead atoms. The zero-order valence-corrected chi connectivity index (χ0v) is 10.0. The van der Waals surface area contributed by atoms with Gasteiger partial charge < -0.3 is 0 Å². The second-order valence-corrected chi connectivity index (χ2v) is 6.65. The predicted octanol–water partition coefficient (Wildman–Crippen LogP) is 3.92. The zero-order chi connectivity index (χ0) is 9.71. The van der Waals surface area contributed by atoms with Crippen molar-refractivity contribution in [2.24, 2.45) is 0 Å². The van der Waals surface area contributed by atoms with Gasteiger partial charge in [0.05, 0.1) is 0 Å². The lowest BCUT2D eigenvalue weighted by molar-refractivity contribution is 1.07. The Bertz CT molecular complexity index is 403. The lowest BCUT2D eigenvalue weighted by atomic mass is 9.98. The first-order valence-electron chi connectivity index (χ1n) is 4.89. The number of hydrogen-bond donors (Lipinski definition) is 0. The molecule has 2 aromatic heterocycles. The largest absolute Gasteiger partial charge is 0.145 e. The molecule has 0 saturated heterocycles. The molecule has 1 aliphatic carbocycles. The van der Waals surface area contributed by atoms with E-state index in [-0.39, 0.29) is 0 Å². The Morgan fingerprint density at radius 1 is 0.857 bits per heavy atom. The van der Waals surface area contributed by atoms with Crippen molar-refractivity contribution in [3.8, 4) is 0 Å². The smallest absolute Gasteiger partial charge is 0.0128 e. The molecule has 0 atom stereocenters. The molecule has 0 saturated carbocycles. The topological polar surface area (TPSA) is 0 Å². The molecular formula is C12H12S2. The molecule has 0 N–H and O–H groups in total. The van der Waals surface area contributed by atoms with Gasteiger partial charge in [-0.3, -0.25) is 0 Å². The molecular weight excluding hydrogens is 208 g/mol. The minimum Gasteiger partial charge on any atom is -0.145 e. The van der Waals surface area contributed by atoms with Crippen LogP contribution in [-0.2, 0) is 12.8 Å². The van der Waals surface area contributed by atoms with Crippen LogP contribution in [0.5, 0.6) is 0 Å². The normalized spacial score (nSPS) is 13.9. The Hall–Kier alpha value is -0.600. The van der Waals surface area contributed by atoms with E-state index in [2.05, 4.69) is 26.0 Å². The number of thiophene rings is 2. The average molecular weight is 220 g/mol. The van der Waals surface area contributed by atoms with Gasteiger partial charge in [-0.1, -0.05) is 0 Å². The van der Waals surface area contributed by atoms with Crippen molar-refractivity contribution in [3.63, 3.8) is 0 Å². The van der Waals surface area contributed by atoms with Crippen molar-refractivity contribution in [3.05, 3.63) is 42.8 Å². The van der Waals surface area contributed by atoms with Gasteiger partial charge in [0.2, 0.25) is 0 Å². The first-order chi connectivity index (χ1) is 6.72. The van der Waals surface area contributed by atoms with Gasteiger partial charge in [-0.05, 0) is 37.1 Å². The first-order valence-corrected chi connectivity index (χ1v) is 6.52. The zero-order valence-electron chi connectivity index (χ0n) is 8.39. The summed E-state index contributed by atoms with van der Waals surface area (Å²) in [5.74, 6) is 0. The van der Waals surface area contributed by atoms with Crippen LogP contribution in [0.15, 0.2) is 12.1 Å². The van der Waals surface area contributed by atoms with E-state index in [1.165, 1.54) is 22.6 Å². The van der Waals surface area contributed by atoms with Crippen LogP contribution < -0.4 is 0 Å². The van der Waals surface area contributed by atoms with Crippen molar-refractivity contribution in [2.45, 2.75) is 26.7 Å². The van der Waals surface area contributed by atoms with E-state index >= 15 is 0 Å². The third-order valence-corrected chi connectivity index (χ3v) is 4.93. The maximum absolute atomic E-state index is 2.36. The molecule has 0 radical (unpaired) electrons. The predicted molar refractivity (Wildman–Crippen MR) is 63.7 cm³/mol. The molecule has 0 aromatic carbocycles. The average Bonchev–Trinajstić information content (AvgIpc) is 2.59. The number of hydrogen-bond acceptors (Lipinski definition) is 2. The fraction of sp³-hybridized carbons (Fsp3) is 0.333. The highest BCUT2D eigenvalue weighted by Crippen LogP contribution is 2.36. The summed E-state index contributed by atoms with van der Waals surface area (Å²) in [6.07, 6.45) is 2.35. The van der Waals surface area contributed by atoms with Crippen LogP contribution in [0.4, 0.5) is 0 Å². The molecule has 3 rings (SSSR count). The SMILES string of the molecule is Cc1cc2c(s1)Cc1cc(C)sc1C2. The van der Waals surface area contributed by atoms with Crippen molar-refractivity contribution in [2.75, 3.05) is 0 Å². The molecule has 0 fully saturated rings. The summed E-state index contributed by atoms with van der Waals surface area (Å²) in [6, 6.07) is 4.72. The molecule has 1 aliphatic rings. The lowest BCUT2D eigenvalue weighted by Crippen LogP contribution is -1.99. The van der Waals surface area contributed by atoms with E-state index in [9.17, 15) is 0 Å². The molecule has 0 amide bonds. The summed E-state index contributed by atoms with van der Waals surface area (Å²) in [7, 11) is 0.